The van der Waals surface area contributed by atoms with Crippen molar-refractivity contribution < 1.29 is 48.8 Å². The molecule has 0 saturated carbocycles. The van der Waals surface area contributed by atoms with E-state index in [1.807, 2.05) is 0 Å². The van der Waals surface area contributed by atoms with Crippen LogP contribution < -0.4 is 10.1 Å². The van der Waals surface area contributed by atoms with Crippen LogP contribution >= 0.6 is 0 Å². The number of amides is 4. The molecule has 1 unspecified atom stereocenters. The van der Waals surface area contributed by atoms with Crippen LogP contribution in [-0.4, -0.2) is 140 Å². The van der Waals surface area contributed by atoms with E-state index in [0.717, 1.165) is 0 Å². The number of nitrogens with zero attached hydrogens (tertiary/aromatic N) is 5. The number of aliphatic hydroxyl groups excluding tert-OH is 2. The maximum Gasteiger partial charge on any atom is 0.409 e. The van der Waals surface area contributed by atoms with E-state index in [1.54, 1.807) is 37.3 Å². The molecule has 16 nitrogen and oxygen atoms in total. The van der Waals surface area contributed by atoms with Gasteiger partial charge in [-0.25, -0.2) is 9.48 Å². The molecule has 4 N–H and O–H groups in total. The van der Waals surface area contributed by atoms with E-state index in [2.05, 4.69) is 10.4 Å². The molecule has 2 aliphatic rings. The molecular weight excluding hydrogens is 592 g/mol. The minimum atomic E-state index is -1.19. The number of nitrogens with one attached hydrogen (secondary N) is 1. The topological polar surface area (TPSA) is 204 Å². The van der Waals surface area contributed by atoms with Crippen LogP contribution in [0, 0.1) is 0 Å². The van der Waals surface area contributed by atoms with Gasteiger partial charge in [0.1, 0.15) is 6.04 Å². The van der Waals surface area contributed by atoms with Crippen LogP contribution in [0.5, 0.6) is 5.88 Å². The molecule has 45 heavy (non-hydrogen) atoms. The second-order valence-electron chi connectivity index (χ2n) is 10.7. The Morgan fingerprint density at radius 3 is 2.18 bits per heavy atom. The third kappa shape index (κ3) is 8.27. The molecular formula is C29H38N6O10. The van der Waals surface area contributed by atoms with Crippen molar-refractivity contribution in [3.8, 4) is 11.6 Å². The average Bonchev–Trinajstić information content (AvgIpc) is 3.61. The van der Waals surface area contributed by atoms with Gasteiger partial charge in [0.25, 0.3) is 11.8 Å². The molecule has 2 aromatic rings. The van der Waals surface area contributed by atoms with Gasteiger partial charge in [0.2, 0.25) is 11.8 Å². The van der Waals surface area contributed by atoms with Crippen molar-refractivity contribution in [2.24, 2.45) is 0 Å². The zero-order valence-electron chi connectivity index (χ0n) is 25.1. The van der Waals surface area contributed by atoms with E-state index in [0.29, 0.717) is 5.69 Å². The minimum absolute atomic E-state index is 0.0380. The smallest absolute Gasteiger partial charge is 0.409 e. The Balaban J connectivity index is 1.51. The normalized spacial score (nSPS) is 19.5. The molecule has 1 aromatic heterocycles. The first kappa shape index (κ1) is 33.2. The van der Waals surface area contributed by atoms with Gasteiger partial charge in [0, 0.05) is 51.8 Å². The van der Waals surface area contributed by atoms with E-state index in [-0.39, 0.29) is 70.3 Å². The summed E-state index contributed by atoms with van der Waals surface area (Å²) in [7, 11) is 0. The van der Waals surface area contributed by atoms with Crippen molar-refractivity contribution >= 4 is 29.8 Å². The Kier molecular flexibility index (Phi) is 11.0. The highest BCUT2D eigenvalue weighted by atomic mass is 16.6. The van der Waals surface area contributed by atoms with Crippen LogP contribution in [-0.2, 0) is 19.1 Å². The summed E-state index contributed by atoms with van der Waals surface area (Å²) in [6, 6.07) is 8.78. The average molecular weight is 631 g/mol. The second kappa shape index (κ2) is 14.9. The fourth-order valence-corrected chi connectivity index (χ4v) is 5.05. The fraction of sp³-hybridized carbons (Fsp3) is 0.517. The van der Waals surface area contributed by atoms with Gasteiger partial charge in [0.15, 0.2) is 11.8 Å². The van der Waals surface area contributed by atoms with Crippen LogP contribution in [0.1, 0.15) is 37.2 Å². The Morgan fingerprint density at radius 2 is 1.58 bits per heavy atom. The predicted molar refractivity (Wildman–Crippen MR) is 156 cm³/mol. The summed E-state index contributed by atoms with van der Waals surface area (Å²) < 4.78 is 12.2. The largest absolute Gasteiger partial charge is 0.481 e. The summed E-state index contributed by atoms with van der Waals surface area (Å²) in [4.78, 5) is 67.4. The molecule has 0 bridgehead atoms. The number of carbonyl (C=O) groups excluding carboxylic acids is 4. The van der Waals surface area contributed by atoms with E-state index >= 15 is 0 Å². The molecule has 4 rings (SSSR count). The van der Waals surface area contributed by atoms with Gasteiger partial charge in [0.05, 0.1) is 24.5 Å². The van der Waals surface area contributed by atoms with Gasteiger partial charge in [-0.15, -0.1) is 0 Å². The number of carboxylic acid groups (broad SMARTS) is 1. The predicted octanol–water partition coefficient (Wildman–Crippen LogP) is -0.532. The zero-order chi connectivity index (χ0) is 32.7. The lowest BCUT2D eigenvalue weighted by Crippen LogP contribution is -2.56. The standard InChI is InChI=1S/C29H38N6O10/c1-3-44-29(43)33-13-11-32(12-14-33)28(42)20(9-10-25(38)39)30-26(40)21-15-24(35(31-21)19-7-5-4-6-8-19)45-18(2)27(41)34-16-22(36)23(37)17-34/h4-8,15,18,20,22-23,36-37H,3,9-14,16-17H2,1-2H3,(H,30,40)(H,38,39)/t18-,20?,22-,23-/m0/s1. The first-order chi connectivity index (χ1) is 21.5. The van der Waals surface area contributed by atoms with E-state index in [9.17, 15) is 39.3 Å². The Bertz CT molecular complexity index is 1370. The molecule has 0 radical (unpaired) electrons. The number of hydrogen-bond donors (Lipinski definition) is 4. The molecule has 4 amide bonds. The summed E-state index contributed by atoms with van der Waals surface area (Å²) in [5, 5.41) is 35.9. The summed E-state index contributed by atoms with van der Waals surface area (Å²) in [5.74, 6) is -2.86. The molecule has 0 spiro atoms. The number of β-amino-alcohol motifs (C(OH)–C–C–N with tert-alkyl or cyclic N) is 2. The molecule has 16 heteroatoms. The van der Waals surface area contributed by atoms with Crippen molar-refractivity contribution in [2.75, 3.05) is 45.9 Å². The lowest BCUT2D eigenvalue weighted by Gasteiger charge is -2.35. The van der Waals surface area contributed by atoms with Crippen LogP contribution in [0.4, 0.5) is 4.79 Å². The van der Waals surface area contributed by atoms with Gasteiger partial charge in [-0.1, -0.05) is 18.2 Å². The highest BCUT2D eigenvalue weighted by Crippen LogP contribution is 2.23. The molecule has 2 saturated heterocycles. The number of para-hydroxylation sites is 1. The number of rotatable bonds is 11. The SMILES string of the molecule is CCOC(=O)N1CCN(C(=O)C(CCC(=O)O)NC(=O)c2cc(O[C@@H](C)C(=O)N3C[C@H](O)[C@@H](O)C3)n(-c3ccccc3)n2)CC1. The molecule has 3 heterocycles. The third-order valence-corrected chi connectivity index (χ3v) is 7.49. The Labute approximate surface area is 259 Å². The summed E-state index contributed by atoms with van der Waals surface area (Å²) in [6.45, 7) is 4.09. The summed E-state index contributed by atoms with van der Waals surface area (Å²) >= 11 is 0. The Morgan fingerprint density at radius 1 is 0.956 bits per heavy atom. The third-order valence-electron chi connectivity index (χ3n) is 7.49. The van der Waals surface area contributed by atoms with Crippen molar-refractivity contribution in [1.82, 2.24) is 29.8 Å². The summed E-state index contributed by atoms with van der Waals surface area (Å²) in [5.41, 5.74) is 0.358. The highest BCUT2D eigenvalue weighted by Gasteiger charge is 2.36. The first-order valence-corrected chi connectivity index (χ1v) is 14.7. The number of benzene rings is 1. The minimum Gasteiger partial charge on any atom is -0.481 e. The molecule has 2 aliphatic heterocycles. The van der Waals surface area contributed by atoms with Crippen LogP contribution in [0.25, 0.3) is 5.69 Å². The first-order valence-electron chi connectivity index (χ1n) is 14.7. The number of carbonyl (C=O) groups is 5. The van der Waals surface area contributed by atoms with Crippen molar-refractivity contribution in [3.63, 3.8) is 0 Å². The van der Waals surface area contributed by atoms with E-state index in [4.69, 9.17) is 9.47 Å². The van der Waals surface area contributed by atoms with Crippen molar-refractivity contribution in [3.05, 3.63) is 42.1 Å². The quantitative estimate of drug-likeness (QED) is 0.248. The second-order valence-corrected chi connectivity index (χ2v) is 10.7. The van der Waals surface area contributed by atoms with Crippen molar-refractivity contribution in [1.29, 1.82) is 0 Å². The van der Waals surface area contributed by atoms with Gasteiger partial charge >= 0.3 is 12.1 Å². The van der Waals surface area contributed by atoms with E-state index < -0.39 is 54.1 Å². The number of carboxylic acids is 1. The van der Waals surface area contributed by atoms with Gasteiger partial charge in [-0.2, -0.15) is 5.10 Å². The van der Waals surface area contributed by atoms with Gasteiger partial charge in [-0.05, 0) is 32.4 Å². The van der Waals surface area contributed by atoms with Gasteiger partial charge < -0.3 is 44.8 Å². The molecule has 2 fully saturated rings. The summed E-state index contributed by atoms with van der Waals surface area (Å²) in [6.07, 6.45) is -4.25. The van der Waals surface area contributed by atoms with Gasteiger partial charge in [-0.3, -0.25) is 19.2 Å². The lowest BCUT2D eigenvalue weighted by atomic mass is 10.1. The van der Waals surface area contributed by atoms with Crippen molar-refractivity contribution in [2.45, 2.75) is 51.0 Å². The number of piperazine rings is 1. The molecule has 4 atom stereocenters. The van der Waals surface area contributed by atoms with Crippen LogP contribution in [0.2, 0.25) is 0 Å². The number of aromatic nitrogens is 2. The maximum absolute atomic E-state index is 13.4. The zero-order valence-corrected chi connectivity index (χ0v) is 25.1. The number of aliphatic carboxylic acids is 1. The van der Waals surface area contributed by atoms with E-state index in [1.165, 1.54) is 32.4 Å². The Hall–Kier alpha value is -4.70. The number of likely N-dealkylation sites (tertiary alicyclic amines) is 1. The molecule has 0 aliphatic carbocycles. The highest BCUT2D eigenvalue weighted by molar-refractivity contribution is 5.96. The van der Waals surface area contributed by atoms with Crippen LogP contribution in [0.15, 0.2) is 36.4 Å². The number of hydrogen-bond acceptors (Lipinski definition) is 10. The lowest BCUT2D eigenvalue weighted by molar-refractivity contribution is -0.139. The molecule has 244 valence electrons. The maximum atomic E-state index is 13.4. The fourth-order valence-electron chi connectivity index (χ4n) is 5.05. The monoisotopic (exact) mass is 630 g/mol. The van der Waals surface area contributed by atoms with Crippen LogP contribution in [0.3, 0.4) is 0 Å². The molecule has 1 aromatic carbocycles. The number of aliphatic hydroxyl groups is 2. The number of ether oxygens (including phenoxy) is 2.